The number of benzene rings is 9. The fourth-order valence-electron chi connectivity index (χ4n) is 15.0. The number of amides is 3. The topological polar surface area (TPSA) is 161 Å². The highest BCUT2D eigenvalue weighted by Crippen LogP contribution is 2.43. The first-order valence-corrected chi connectivity index (χ1v) is 37.1. The number of rotatable bonds is 23. The summed E-state index contributed by atoms with van der Waals surface area (Å²) in [5.41, 5.74) is 10.00. The van der Waals surface area contributed by atoms with Crippen molar-refractivity contribution in [1.82, 2.24) is 45.3 Å². The van der Waals surface area contributed by atoms with E-state index in [0.29, 0.717) is 98.8 Å². The summed E-state index contributed by atoms with van der Waals surface area (Å²) < 4.78 is 131. The summed E-state index contributed by atoms with van der Waals surface area (Å²) >= 11 is 12.3. The fourth-order valence-corrected chi connectivity index (χ4v) is 15.4. The molecule has 9 aromatic carbocycles. The first-order chi connectivity index (χ1) is 53.3. The Kier molecular flexibility index (Phi) is 24.6. The van der Waals surface area contributed by atoms with E-state index in [-0.39, 0.29) is 93.8 Å². The second kappa shape index (κ2) is 35.1. The van der Waals surface area contributed by atoms with Crippen molar-refractivity contribution in [3.63, 3.8) is 0 Å². The molecule has 110 heavy (non-hydrogen) atoms. The number of aliphatic hydroxyl groups is 1. The molecule has 3 aromatic heterocycles. The Morgan fingerprint density at radius 3 is 1.03 bits per heavy atom. The number of aliphatic hydroxyl groups excluding tert-OH is 1. The molecule has 0 fully saturated rings. The van der Waals surface area contributed by atoms with Gasteiger partial charge in [-0.1, -0.05) is 127 Å². The van der Waals surface area contributed by atoms with Crippen molar-refractivity contribution in [2.45, 2.75) is 107 Å². The predicted molar refractivity (Wildman–Crippen MR) is 402 cm³/mol. The van der Waals surface area contributed by atoms with E-state index in [2.05, 4.69) is 31.2 Å². The van der Waals surface area contributed by atoms with Crippen LogP contribution in [0.15, 0.2) is 218 Å². The molecule has 0 radical (unpaired) electrons. The summed E-state index contributed by atoms with van der Waals surface area (Å²) in [7, 11) is 0. The molecule has 0 bridgehead atoms. The Morgan fingerprint density at radius 2 is 0.700 bits per heavy atom. The molecule has 15 rings (SSSR count). The van der Waals surface area contributed by atoms with Gasteiger partial charge in [0.15, 0.2) is 34.5 Å². The molecule has 4 N–H and O–H groups in total. The number of hydrogen-bond acceptors (Lipinski definition) is 7. The van der Waals surface area contributed by atoms with Crippen molar-refractivity contribution in [2.24, 2.45) is 0 Å². The molecule has 0 saturated carbocycles. The van der Waals surface area contributed by atoms with Gasteiger partial charge in [0, 0.05) is 70.4 Å². The largest absolute Gasteiger partial charge is 0.394 e. The van der Waals surface area contributed by atoms with Crippen molar-refractivity contribution < 1.29 is 59.0 Å². The average molecular weight is 1540 g/mol. The minimum atomic E-state index is -0.800. The average Bonchev–Trinajstić information content (AvgIpc) is 1.61. The third kappa shape index (κ3) is 17.9. The second-order valence-corrected chi connectivity index (χ2v) is 28.1. The zero-order chi connectivity index (χ0) is 77.1. The quantitative estimate of drug-likeness (QED) is 0.0366. The number of carbonyl (C=O) groups excluding carboxylic acids is 3. The Balaban J connectivity index is 0.000000145. The van der Waals surface area contributed by atoms with E-state index in [1.807, 2.05) is 109 Å². The molecular formula is C86H74Cl2F9N9O4. The first kappa shape index (κ1) is 77.1. The highest BCUT2D eigenvalue weighted by Gasteiger charge is 2.39. The molecule has 12 aromatic rings. The second-order valence-electron chi connectivity index (χ2n) is 27.5. The first-order valence-electron chi connectivity index (χ1n) is 36.0. The predicted octanol–water partition coefficient (Wildman–Crippen LogP) is 17.3. The van der Waals surface area contributed by atoms with E-state index < -0.39 is 64.7 Å². The van der Waals surface area contributed by atoms with Crippen molar-refractivity contribution in [3.05, 3.63) is 355 Å². The van der Waals surface area contributed by atoms with Crippen LogP contribution in [0.1, 0.15) is 142 Å². The summed E-state index contributed by atoms with van der Waals surface area (Å²) in [6, 6.07) is 55.9. The Bertz CT molecular complexity index is 5060. The maximum Gasteiger partial charge on any atom is 0.272 e. The van der Waals surface area contributed by atoms with E-state index in [4.69, 9.17) is 23.2 Å². The summed E-state index contributed by atoms with van der Waals surface area (Å²) in [4.78, 5) is 40.2. The lowest BCUT2D eigenvalue weighted by Gasteiger charge is -2.16. The van der Waals surface area contributed by atoms with E-state index >= 15 is 0 Å². The van der Waals surface area contributed by atoms with Gasteiger partial charge in [-0.2, -0.15) is 15.3 Å². The van der Waals surface area contributed by atoms with Crippen molar-refractivity contribution in [1.29, 1.82) is 0 Å². The summed E-state index contributed by atoms with van der Waals surface area (Å²) in [5, 5.41) is 32.2. The lowest BCUT2D eigenvalue weighted by molar-refractivity contribution is 0.0906. The van der Waals surface area contributed by atoms with E-state index in [1.165, 1.54) is 68.6 Å². The molecule has 3 heterocycles. The molecule has 3 aliphatic carbocycles. The third-order valence-electron chi connectivity index (χ3n) is 20.0. The Hall–Kier alpha value is -11.1. The summed E-state index contributed by atoms with van der Waals surface area (Å²) in [6.45, 7) is -0.266. The minimum absolute atomic E-state index is 0.0332. The minimum Gasteiger partial charge on any atom is -0.394 e. The van der Waals surface area contributed by atoms with Crippen LogP contribution >= 0.6 is 23.2 Å². The SMILES string of the molecule is O=C(N[C@@H](CCl)c1ccccc1)c1nn(-c2ccc(F)cc2F)c2c1CCC2Cc1cccc(F)c1.O=C(N[C@@H](CO)Cc1ccccc1)c1nn(-c2ccc(F)cc2F)c2c1CCC2Cc1cccc(F)c1.O=C(N[C@H](CCl)Cc1ccccc1)c1nn(-c2ccc(F)cc2F)c2c1CCC2Cc1cccc(F)c1. The van der Waals surface area contributed by atoms with Crippen LogP contribution in [-0.4, -0.2) is 82.6 Å². The van der Waals surface area contributed by atoms with Crippen LogP contribution < -0.4 is 16.0 Å². The van der Waals surface area contributed by atoms with Crippen LogP contribution in [0.2, 0.25) is 0 Å². The van der Waals surface area contributed by atoms with Crippen molar-refractivity contribution in [2.75, 3.05) is 18.4 Å². The number of nitrogens with zero attached hydrogens (tertiary/aromatic N) is 6. The molecular weight excluding hydrogens is 1460 g/mol. The summed E-state index contributed by atoms with van der Waals surface area (Å²) in [5.74, 6) is -6.83. The molecule has 564 valence electrons. The number of alkyl halides is 2. The number of fused-ring (bicyclic) bond motifs is 3. The molecule has 6 atom stereocenters. The van der Waals surface area contributed by atoms with Gasteiger partial charge in [-0.15, -0.1) is 23.2 Å². The van der Waals surface area contributed by atoms with Gasteiger partial charge in [-0.25, -0.2) is 53.6 Å². The Morgan fingerprint density at radius 1 is 0.382 bits per heavy atom. The molecule has 24 heteroatoms. The molecule has 3 aliphatic rings. The molecule has 0 spiro atoms. The normalized spacial score (nSPS) is 15.4. The molecule has 3 amide bonds. The van der Waals surface area contributed by atoms with Gasteiger partial charge in [0.1, 0.15) is 52.0 Å². The smallest absolute Gasteiger partial charge is 0.272 e. The molecule has 3 unspecified atom stereocenters. The maximum absolute atomic E-state index is 14.9. The standard InChI is InChI=1S/C29H25ClF3N3O.C29H26F3N3O2.C28H23ClF3N3O/c30-17-23(15-18-5-2-1-3-6-18)34-29(37)27-24-11-9-20(13-19-7-4-8-21(31)14-19)28(24)36(35-27)26-12-10-22(32)16-25(26)33;30-21-8-4-7-19(14-21)13-20-9-11-24-27(29(37)33-23(17-36)15-18-5-2-1-3-6-18)34-35(28(20)24)26-12-10-22(31)16-25(26)32;29-16-24(18-6-2-1-3-7-18)33-28(36)26-22-11-9-19(13-17-5-4-8-20(30)14-17)27(22)35(34-26)25-12-10-21(31)15-23(25)32/h1-8,10,12,14,16,20,23H,9,11,13,15,17H2,(H,34,37);1-8,10,12,14,16,20,23,36H,9,11,13,15,17H2,(H,33,37);1-8,10,12,14-15,19,24H,9,11,13,16H2,(H,33,36)/t2*20?,23-;19?,24-/m010/s1. The van der Waals surface area contributed by atoms with Gasteiger partial charge in [-0.05, 0) is 177 Å². The van der Waals surface area contributed by atoms with Gasteiger partial charge in [0.25, 0.3) is 17.7 Å². The third-order valence-corrected chi connectivity index (χ3v) is 20.7. The van der Waals surface area contributed by atoms with Crippen molar-refractivity contribution >= 4 is 40.9 Å². The van der Waals surface area contributed by atoms with Gasteiger partial charge >= 0.3 is 0 Å². The number of halogens is 11. The van der Waals surface area contributed by atoms with E-state index in [9.17, 15) is 59.0 Å². The van der Waals surface area contributed by atoms with E-state index in [1.54, 1.807) is 18.2 Å². The van der Waals surface area contributed by atoms with Crippen LogP contribution in [0.5, 0.6) is 0 Å². The van der Waals surface area contributed by atoms with Crippen LogP contribution in [-0.2, 0) is 51.4 Å². The van der Waals surface area contributed by atoms with Gasteiger partial charge in [-0.3, -0.25) is 14.4 Å². The molecule has 0 saturated heterocycles. The zero-order valence-corrected chi connectivity index (χ0v) is 60.7. The number of carbonyl (C=O) groups is 3. The van der Waals surface area contributed by atoms with Crippen LogP contribution in [0.4, 0.5) is 39.5 Å². The monoisotopic (exact) mass is 1540 g/mol. The lowest BCUT2D eigenvalue weighted by Crippen LogP contribution is -2.39. The molecule has 13 nitrogen and oxygen atoms in total. The van der Waals surface area contributed by atoms with Crippen LogP contribution in [0.25, 0.3) is 17.1 Å². The van der Waals surface area contributed by atoms with Gasteiger partial charge in [0.2, 0.25) is 0 Å². The van der Waals surface area contributed by atoms with Crippen molar-refractivity contribution in [3.8, 4) is 17.1 Å². The summed E-state index contributed by atoms with van der Waals surface area (Å²) in [6.07, 6.45) is 6.14. The molecule has 0 aliphatic heterocycles. The number of nitrogens with one attached hydrogen (secondary N) is 3. The Labute approximate surface area is 638 Å². The van der Waals surface area contributed by atoms with Crippen LogP contribution in [0.3, 0.4) is 0 Å². The zero-order valence-electron chi connectivity index (χ0n) is 59.2. The fraction of sp³-hybridized carbons (Fsp3) is 0.233. The number of aromatic nitrogens is 6. The highest BCUT2D eigenvalue weighted by atomic mass is 35.5. The van der Waals surface area contributed by atoms with Gasteiger partial charge < -0.3 is 21.1 Å². The maximum atomic E-state index is 14.9. The highest BCUT2D eigenvalue weighted by molar-refractivity contribution is 6.18. The van der Waals surface area contributed by atoms with Gasteiger partial charge in [0.05, 0.1) is 35.8 Å². The number of hydrogen-bond donors (Lipinski definition) is 4. The van der Waals surface area contributed by atoms with E-state index in [0.717, 1.165) is 75.3 Å². The van der Waals surface area contributed by atoms with Crippen LogP contribution in [0, 0.1) is 52.4 Å². The lowest BCUT2D eigenvalue weighted by atomic mass is 9.97.